The fourth-order valence-corrected chi connectivity index (χ4v) is 3.48. The molecule has 1 saturated carbocycles. The van der Waals surface area contributed by atoms with Crippen molar-refractivity contribution >= 4 is 0 Å². The lowest BCUT2D eigenvalue weighted by Gasteiger charge is -2.30. The van der Waals surface area contributed by atoms with E-state index in [1.807, 2.05) is 11.7 Å². The van der Waals surface area contributed by atoms with Gasteiger partial charge in [0.05, 0.1) is 5.69 Å². The third-order valence-corrected chi connectivity index (χ3v) is 4.64. The quantitative estimate of drug-likeness (QED) is 0.877. The van der Waals surface area contributed by atoms with E-state index in [1.165, 1.54) is 36.9 Å². The van der Waals surface area contributed by atoms with Crippen LogP contribution in [0.1, 0.15) is 57.7 Å². The lowest BCUT2D eigenvalue weighted by atomic mass is 9.79. The minimum atomic E-state index is 0.0801. The first kappa shape index (κ1) is 16.5. The van der Waals surface area contributed by atoms with Gasteiger partial charge in [-0.05, 0) is 31.2 Å². The van der Waals surface area contributed by atoms with Crippen molar-refractivity contribution in [2.24, 2.45) is 18.9 Å². The molecule has 4 nitrogen and oxygen atoms in total. The predicted molar refractivity (Wildman–Crippen MR) is 86.1 cm³/mol. The molecular weight excluding hydrogens is 262 g/mol. The molecule has 2 rings (SSSR count). The molecule has 1 aliphatic carbocycles. The third-order valence-electron chi connectivity index (χ3n) is 4.64. The minimum absolute atomic E-state index is 0.0801. The van der Waals surface area contributed by atoms with Gasteiger partial charge in [0, 0.05) is 37.4 Å². The van der Waals surface area contributed by atoms with Crippen molar-refractivity contribution in [3.8, 4) is 0 Å². The van der Waals surface area contributed by atoms with Gasteiger partial charge in [0.15, 0.2) is 0 Å². The van der Waals surface area contributed by atoms with Crippen molar-refractivity contribution in [3.63, 3.8) is 0 Å². The Morgan fingerprint density at radius 2 is 1.95 bits per heavy atom. The Morgan fingerprint density at radius 1 is 1.29 bits per heavy atom. The molecule has 120 valence electrons. The first-order chi connectivity index (χ1) is 9.91. The molecule has 0 bridgehead atoms. The molecule has 0 aliphatic heterocycles. The molecule has 0 saturated heterocycles. The summed E-state index contributed by atoms with van der Waals surface area (Å²) < 4.78 is 1.91. The van der Waals surface area contributed by atoms with E-state index in [1.54, 1.807) is 0 Å². The van der Waals surface area contributed by atoms with Gasteiger partial charge in [-0.25, -0.2) is 0 Å². The van der Waals surface area contributed by atoms with Gasteiger partial charge < -0.3 is 10.4 Å². The van der Waals surface area contributed by atoms with Gasteiger partial charge in [0.1, 0.15) is 0 Å². The summed E-state index contributed by atoms with van der Waals surface area (Å²) in [6.07, 6.45) is 7.14. The predicted octanol–water partition coefficient (Wildman–Crippen LogP) is 2.61. The molecule has 1 heterocycles. The molecule has 0 amide bonds. The van der Waals surface area contributed by atoms with Crippen molar-refractivity contribution in [3.05, 3.63) is 17.5 Å². The van der Waals surface area contributed by atoms with Gasteiger partial charge in [-0.3, -0.25) is 4.68 Å². The number of aliphatic hydroxyl groups excluding tert-OH is 1. The topological polar surface area (TPSA) is 50.1 Å². The third kappa shape index (κ3) is 4.30. The first-order valence-corrected chi connectivity index (χ1v) is 8.26. The van der Waals surface area contributed by atoms with Crippen LogP contribution in [0.25, 0.3) is 0 Å². The lowest BCUT2D eigenvalue weighted by Crippen LogP contribution is -2.32. The van der Waals surface area contributed by atoms with E-state index in [4.69, 9.17) is 0 Å². The highest BCUT2D eigenvalue weighted by molar-refractivity contribution is 5.23. The van der Waals surface area contributed by atoms with Crippen molar-refractivity contribution in [2.75, 3.05) is 13.2 Å². The Balaban J connectivity index is 1.91. The summed E-state index contributed by atoms with van der Waals surface area (Å²) >= 11 is 0. The number of aryl methyl sites for hydroxylation is 1. The van der Waals surface area contributed by atoms with Crippen molar-refractivity contribution in [2.45, 2.75) is 58.4 Å². The molecule has 1 aromatic rings. The van der Waals surface area contributed by atoms with Gasteiger partial charge in [-0.1, -0.05) is 33.6 Å². The van der Waals surface area contributed by atoms with Gasteiger partial charge in [-0.15, -0.1) is 0 Å². The molecule has 0 aromatic carbocycles. The molecule has 4 heteroatoms. The molecule has 1 aromatic heterocycles. The second-order valence-electron chi connectivity index (χ2n) is 7.54. The second kappa shape index (κ2) is 6.93. The highest BCUT2D eigenvalue weighted by Gasteiger charge is 2.25. The van der Waals surface area contributed by atoms with E-state index in [9.17, 15) is 5.11 Å². The van der Waals surface area contributed by atoms with E-state index in [0.29, 0.717) is 18.4 Å². The summed E-state index contributed by atoms with van der Waals surface area (Å²) in [6.45, 7) is 8.84. The average Bonchev–Trinajstić information content (AvgIpc) is 2.80. The maximum atomic E-state index is 9.49. The zero-order chi connectivity index (χ0) is 15.5. The Morgan fingerprint density at radius 3 is 2.57 bits per heavy atom. The Bertz CT molecular complexity index is 447. The van der Waals surface area contributed by atoms with Crippen LogP contribution in [0.2, 0.25) is 0 Å². The fraction of sp³-hybridized carbons (Fsp3) is 0.824. The maximum Gasteiger partial charge on any atom is 0.0722 e. The van der Waals surface area contributed by atoms with Crippen LogP contribution in [0.15, 0.2) is 6.20 Å². The second-order valence-corrected chi connectivity index (χ2v) is 7.54. The summed E-state index contributed by atoms with van der Waals surface area (Å²) in [7, 11) is 1.99. The van der Waals surface area contributed by atoms with Crippen LogP contribution in [0.4, 0.5) is 0 Å². The SMILES string of the molecule is Cn1cc(CNCC2CCCCC2CO)c(C(C)(C)C)n1. The smallest absolute Gasteiger partial charge is 0.0722 e. The van der Waals surface area contributed by atoms with Crippen LogP contribution in [0, 0.1) is 11.8 Å². The Hall–Kier alpha value is -0.870. The van der Waals surface area contributed by atoms with Crippen LogP contribution in [0.5, 0.6) is 0 Å². The molecule has 2 unspecified atom stereocenters. The molecule has 0 radical (unpaired) electrons. The number of nitrogens with zero attached hydrogens (tertiary/aromatic N) is 2. The van der Waals surface area contributed by atoms with Gasteiger partial charge in [0.2, 0.25) is 0 Å². The zero-order valence-corrected chi connectivity index (χ0v) is 14.0. The Labute approximate surface area is 128 Å². The maximum absolute atomic E-state index is 9.49. The monoisotopic (exact) mass is 293 g/mol. The summed E-state index contributed by atoms with van der Waals surface area (Å²) in [4.78, 5) is 0. The number of nitrogens with one attached hydrogen (secondary N) is 1. The molecule has 0 spiro atoms. The normalized spacial score (nSPS) is 23.5. The van der Waals surface area contributed by atoms with Gasteiger partial charge in [0.25, 0.3) is 0 Å². The average molecular weight is 293 g/mol. The van der Waals surface area contributed by atoms with Crippen molar-refractivity contribution in [1.29, 1.82) is 0 Å². The van der Waals surface area contributed by atoms with Crippen molar-refractivity contribution in [1.82, 2.24) is 15.1 Å². The van der Waals surface area contributed by atoms with Crippen molar-refractivity contribution < 1.29 is 5.11 Å². The standard InChI is InChI=1S/C17H31N3O/c1-17(2,3)16-15(11-20(4)19-16)10-18-9-13-7-5-6-8-14(13)12-21/h11,13-14,18,21H,5-10,12H2,1-4H3. The van der Waals surface area contributed by atoms with Gasteiger partial charge >= 0.3 is 0 Å². The molecule has 1 aliphatic rings. The number of hydrogen-bond donors (Lipinski definition) is 2. The summed E-state index contributed by atoms with van der Waals surface area (Å²) in [6, 6.07) is 0. The largest absolute Gasteiger partial charge is 0.396 e. The molecule has 2 N–H and O–H groups in total. The molecule has 21 heavy (non-hydrogen) atoms. The zero-order valence-electron chi connectivity index (χ0n) is 14.0. The first-order valence-electron chi connectivity index (χ1n) is 8.26. The van der Waals surface area contributed by atoms with E-state index < -0.39 is 0 Å². The number of aliphatic hydroxyl groups is 1. The van der Waals surface area contributed by atoms with E-state index in [0.717, 1.165) is 13.1 Å². The number of hydrogen-bond acceptors (Lipinski definition) is 3. The lowest BCUT2D eigenvalue weighted by molar-refractivity contribution is 0.133. The van der Waals surface area contributed by atoms with Crippen LogP contribution in [0.3, 0.4) is 0 Å². The fourth-order valence-electron chi connectivity index (χ4n) is 3.48. The highest BCUT2D eigenvalue weighted by Crippen LogP contribution is 2.29. The molecule has 1 fully saturated rings. The molecule has 2 atom stereocenters. The van der Waals surface area contributed by atoms with Crippen LogP contribution in [-0.4, -0.2) is 28.0 Å². The highest BCUT2D eigenvalue weighted by atomic mass is 16.3. The van der Waals surface area contributed by atoms with Crippen LogP contribution in [-0.2, 0) is 19.0 Å². The van der Waals surface area contributed by atoms with E-state index >= 15 is 0 Å². The summed E-state index contributed by atoms with van der Waals surface area (Å²) in [5.41, 5.74) is 2.55. The summed E-state index contributed by atoms with van der Waals surface area (Å²) in [5, 5.41) is 17.7. The van der Waals surface area contributed by atoms with Crippen LogP contribution >= 0.6 is 0 Å². The minimum Gasteiger partial charge on any atom is -0.396 e. The van der Waals surface area contributed by atoms with Crippen LogP contribution < -0.4 is 5.32 Å². The van der Waals surface area contributed by atoms with Gasteiger partial charge in [-0.2, -0.15) is 5.10 Å². The number of rotatable bonds is 5. The molecular formula is C17H31N3O. The van der Waals surface area contributed by atoms with E-state index in [2.05, 4.69) is 37.4 Å². The van der Waals surface area contributed by atoms with E-state index in [-0.39, 0.29) is 5.41 Å². The number of aromatic nitrogens is 2. The Kier molecular flexibility index (Phi) is 5.44. The summed E-state index contributed by atoms with van der Waals surface area (Å²) in [5.74, 6) is 1.11.